The van der Waals surface area contributed by atoms with E-state index >= 15 is 0 Å². The van der Waals surface area contributed by atoms with E-state index in [4.69, 9.17) is 9.47 Å². The lowest BCUT2D eigenvalue weighted by Gasteiger charge is -2.46. The van der Waals surface area contributed by atoms with Crippen LogP contribution in [0.4, 0.5) is 0 Å². The van der Waals surface area contributed by atoms with Crippen molar-refractivity contribution in [1.29, 1.82) is 0 Å². The number of esters is 1. The van der Waals surface area contributed by atoms with Crippen LogP contribution in [-0.4, -0.2) is 65.7 Å². The van der Waals surface area contributed by atoms with E-state index in [1.54, 1.807) is 6.07 Å². The lowest BCUT2D eigenvalue weighted by molar-refractivity contribution is -0.188. The number of carbonyl (C=O) groups excluding carboxylic acids is 1. The summed E-state index contributed by atoms with van der Waals surface area (Å²) in [4.78, 5) is 13.9. The SMILES string of the molecule is COC(=O)c1cccc(CN2CCC3(CC2)C[C@@H](O)[C@@H](O)CO3)c1. The Morgan fingerprint density at radius 3 is 2.75 bits per heavy atom. The monoisotopic (exact) mass is 335 g/mol. The Morgan fingerprint density at radius 2 is 2.08 bits per heavy atom. The summed E-state index contributed by atoms with van der Waals surface area (Å²) in [5.41, 5.74) is 1.34. The third-order valence-electron chi connectivity index (χ3n) is 5.11. The van der Waals surface area contributed by atoms with Gasteiger partial charge in [0, 0.05) is 26.1 Å². The molecule has 132 valence electrons. The molecule has 0 bridgehead atoms. The van der Waals surface area contributed by atoms with E-state index in [1.165, 1.54) is 7.11 Å². The first kappa shape index (κ1) is 17.4. The highest BCUT2D eigenvalue weighted by Crippen LogP contribution is 2.35. The summed E-state index contributed by atoms with van der Waals surface area (Å²) in [6.45, 7) is 2.71. The van der Waals surface area contributed by atoms with E-state index in [2.05, 4.69) is 4.90 Å². The van der Waals surface area contributed by atoms with Gasteiger partial charge in [0.15, 0.2) is 0 Å². The Labute approximate surface area is 142 Å². The van der Waals surface area contributed by atoms with Crippen molar-refractivity contribution in [2.24, 2.45) is 0 Å². The molecule has 2 atom stereocenters. The highest BCUT2D eigenvalue weighted by Gasteiger charge is 2.42. The standard InChI is InChI=1S/C18H25NO5/c1-23-17(22)14-4-2-3-13(9-14)11-19-7-5-18(6-8-19)10-15(20)16(21)12-24-18/h2-4,9,15-16,20-21H,5-8,10-12H2,1H3/t15-,16+/m1/s1. The van der Waals surface area contributed by atoms with Gasteiger partial charge in [-0.3, -0.25) is 4.90 Å². The number of rotatable bonds is 3. The lowest BCUT2D eigenvalue weighted by Crippen LogP contribution is -2.54. The number of methoxy groups -OCH3 is 1. The zero-order valence-corrected chi connectivity index (χ0v) is 14.0. The molecule has 0 aromatic heterocycles. The molecule has 2 aliphatic rings. The number of likely N-dealkylation sites (tertiary alicyclic amines) is 1. The van der Waals surface area contributed by atoms with Crippen LogP contribution in [0.1, 0.15) is 35.2 Å². The summed E-state index contributed by atoms with van der Waals surface area (Å²) in [7, 11) is 1.38. The lowest BCUT2D eigenvalue weighted by atomic mass is 9.82. The van der Waals surface area contributed by atoms with Crippen molar-refractivity contribution in [2.45, 2.75) is 43.6 Å². The Balaban J connectivity index is 1.57. The van der Waals surface area contributed by atoms with E-state index < -0.39 is 12.2 Å². The van der Waals surface area contributed by atoms with Crippen LogP contribution in [0.2, 0.25) is 0 Å². The van der Waals surface area contributed by atoms with Gasteiger partial charge in [0.1, 0.15) is 6.10 Å². The molecule has 24 heavy (non-hydrogen) atoms. The predicted octanol–water partition coefficient (Wildman–Crippen LogP) is 0.950. The van der Waals surface area contributed by atoms with Crippen molar-refractivity contribution in [3.8, 4) is 0 Å². The first-order chi connectivity index (χ1) is 11.5. The predicted molar refractivity (Wildman–Crippen MR) is 87.6 cm³/mol. The second-order valence-electron chi connectivity index (χ2n) is 6.80. The van der Waals surface area contributed by atoms with Crippen molar-refractivity contribution >= 4 is 5.97 Å². The van der Waals surface area contributed by atoms with E-state index in [1.807, 2.05) is 18.2 Å². The van der Waals surface area contributed by atoms with E-state index in [9.17, 15) is 15.0 Å². The summed E-state index contributed by atoms with van der Waals surface area (Å²) >= 11 is 0. The summed E-state index contributed by atoms with van der Waals surface area (Å²) in [6.07, 6.45) is 0.720. The smallest absolute Gasteiger partial charge is 0.337 e. The third-order valence-corrected chi connectivity index (χ3v) is 5.11. The molecule has 2 N–H and O–H groups in total. The van der Waals surface area contributed by atoms with Crippen molar-refractivity contribution < 1.29 is 24.5 Å². The molecule has 1 aromatic carbocycles. The van der Waals surface area contributed by atoms with Gasteiger partial charge >= 0.3 is 5.97 Å². The van der Waals surface area contributed by atoms with Crippen molar-refractivity contribution in [3.05, 3.63) is 35.4 Å². The summed E-state index contributed by atoms with van der Waals surface area (Å²) in [5.74, 6) is -0.322. The van der Waals surface area contributed by atoms with E-state index in [0.717, 1.165) is 38.0 Å². The molecule has 0 unspecified atom stereocenters. The number of piperidine rings is 1. The Hall–Kier alpha value is -1.47. The van der Waals surface area contributed by atoms with Gasteiger partial charge in [0.25, 0.3) is 0 Å². The minimum Gasteiger partial charge on any atom is -0.465 e. The van der Waals surface area contributed by atoms with Gasteiger partial charge in [-0.15, -0.1) is 0 Å². The van der Waals surface area contributed by atoms with Gasteiger partial charge < -0.3 is 19.7 Å². The van der Waals surface area contributed by atoms with Crippen LogP contribution in [0.15, 0.2) is 24.3 Å². The topological polar surface area (TPSA) is 79.2 Å². The number of ether oxygens (including phenoxy) is 2. The maximum atomic E-state index is 11.6. The molecule has 2 fully saturated rings. The molecule has 0 radical (unpaired) electrons. The summed E-state index contributed by atoms with van der Waals surface area (Å²) in [6, 6.07) is 7.50. The number of carbonyl (C=O) groups is 1. The van der Waals surface area contributed by atoms with Crippen molar-refractivity contribution in [2.75, 3.05) is 26.8 Å². The van der Waals surface area contributed by atoms with Crippen LogP contribution in [0, 0.1) is 0 Å². The number of aliphatic hydroxyl groups excluding tert-OH is 2. The molecular weight excluding hydrogens is 310 g/mol. The Kier molecular flexibility index (Phi) is 5.20. The molecule has 0 saturated carbocycles. The zero-order valence-electron chi connectivity index (χ0n) is 14.0. The molecule has 0 amide bonds. The molecule has 0 aliphatic carbocycles. The fourth-order valence-electron chi connectivity index (χ4n) is 3.59. The summed E-state index contributed by atoms with van der Waals surface area (Å²) in [5, 5.41) is 19.5. The molecule has 6 nitrogen and oxygen atoms in total. The Morgan fingerprint density at radius 1 is 1.33 bits per heavy atom. The average molecular weight is 335 g/mol. The maximum absolute atomic E-state index is 11.6. The van der Waals surface area contributed by atoms with Gasteiger partial charge in [0.05, 0.1) is 31.0 Å². The van der Waals surface area contributed by atoms with Gasteiger partial charge in [-0.25, -0.2) is 4.79 Å². The number of aliphatic hydroxyl groups is 2. The first-order valence-corrected chi connectivity index (χ1v) is 8.41. The van der Waals surface area contributed by atoms with Crippen LogP contribution in [0.5, 0.6) is 0 Å². The number of nitrogens with zero attached hydrogens (tertiary/aromatic N) is 1. The zero-order chi connectivity index (χ0) is 17.2. The summed E-state index contributed by atoms with van der Waals surface area (Å²) < 4.78 is 10.6. The molecule has 2 saturated heterocycles. The van der Waals surface area contributed by atoms with Crippen LogP contribution in [0.3, 0.4) is 0 Å². The van der Waals surface area contributed by atoms with Gasteiger partial charge in [-0.05, 0) is 30.5 Å². The van der Waals surface area contributed by atoms with Crippen LogP contribution in [0.25, 0.3) is 0 Å². The number of hydrogen-bond acceptors (Lipinski definition) is 6. The van der Waals surface area contributed by atoms with Crippen LogP contribution in [-0.2, 0) is 16.0 Å². The highest BCUT2D eigenvalue weighted by atomic mass is 16.5. The minimum absolute atomic E-state index is 0.211. The molecule has 1 aromatic rings. The van der Waals surface area contributed by atoms with E-state index in [-0.39, 0.29) is 18.2 Å². The third kappa shape index (κ3) is 3.78. The molecule has 6 heteroatoms. The molecule has 1 spiro atoms. The average Bonchev–Trinajstić information content (AvgIpc) is 2.60. The quantitative estimate of drug-likeness (QED) is 0.801. The number of hydrogen-bond donors (Lipinski definition) is 2. The maximum Gasteiger partial charge on any atom is 0.337 e. The fraction of sp³-hybridized carbons (Fsp3) is 0.611. The number of benzene rings is 1. The molecule has 2 aliphatic heterocycles. The van der Waals surface area contributed by atoms with E-state index in [0.29, 0.717) is 12.0 Å². The minimum atomic E-state index is -0.769. The fourth-order valence-corrected chi connectivity index (χ4v) is 3.59. The van der Waals surface area contributed by atoms with Crippen LogP contribution < -0.4 is 0 Å². The highest BCUT2D eigenvalue weighted by molar-refractivity contribution is 5.89. The first-order valence-electron chi connectivity index (χ1n) is 8.41. The van der Waals surface area contributed by atoms with Gasteiger partial charge in [0.2, 0.25) is 0 Å². The van der Waals surface area contributed by atoms with Crippen molar-refractivity contribution in [3.63, 3.8) is 0 Å². The molecule has 3 rings (SSSR count). The Bertz CT molecular complexity index is 583. The van der Waals surface area contributed by atoms with Crippen molar-refractivity contribution in [1.82, 2.24) is 4.90 Å². The molecular formula is C18H25NO5. The molecule has 2 heterocycles. The normalized spacial score (nSPS) is 27.1. The largest absolute Gasteiger partial charge is 0.465 e. The van der Waals surface area contributed by atoms with Gasteiger partial charge in [-0.2, -0.15) is 0 Å². The second kappa shape index (κ2) is 7.19. The van der Waals surface area contributed by atoms with Crippen LogP contribution >= 0.6 is 0 Å². The second-order valence-corrected chi connectivity index (χ2v) is 6.80. The van der Waals surface area contributed by atoms with Gasteiger partial charge in [-0.1, -0.05) is 12.1 Å².